The fraction of sp³-hybridized carbons (Fsp3) is 0.688. The highest BCUT2D eigenvalue weighted by Crippen LogP contribution is 2.35. The van der Waals surface area contributed by atoms with Crippen molar-refractivity contribution in [2.45, 2.75) is 44.8 Å². The van der Waals surface area contributed by atoms with E-state index >= 15 is 0 Å². The number of methoxy groups -OCH3 is 1. The van der Waals surface area contributed by atoms with E-state index in [1.165, 1.54) is 36.8 Å². The van der Waals surface area contributed by atoms with E-state index in [4.69, 9.17) is 9.47 Å². The first-order valence-electron chi connectivity index (χ1n) is 7.57. The average molecular weight is 276 g/mol. The van der Waals surface area contributed by atoms with Crippen molar-refractivity contribution in [3.63, 3.8) is 0 Å². The molecule has 1 unspecified atom stereocenters. The second-order valence-corrected chi connectivity index (χ2v) is 6.10. The quantitative estimate of drug-likeness (QED) is 0.850. The van der Waals surface area contributed by atoms with Crippen LogP contribution in [0.2, 0.25) is 0 Å². The summed E-state index contributed by atoms with van der Waals surface area (Å²) in [5, 5.41) is 0. The number of ether oxygens (including phenoxy) is 2. The van der Waals surface area contributed by atoms with E-state index in [9.17, 15) is 0 Å². The van der Waals surface area contributed by atoms with Crippen LogP contribution in [0.25, 0.3) is 0 Å². The van der Waals surface area contributed by atoms with Gasteiger partial charge in [0.15, 0.2) is 0 Å². The first-order chi connectivity index (χ1) is 9.71. The summed E-state index contributed by atoms with van der Waals surface area (Å²) in [6, 6.07) is 2.01. The van der Waals surface area contributed by atoms with E-state index in [0.29, 0.717) is 5.88 Å². The van der Waals surface area contributed by atoms with Gasteiger partial charge in [0.25, 0.3) is 0 Å². The van der Waals surface area contributed by atoms with Crippen molar-refractivity contribution in [2.75, 3.05) is 26.8 Å². The molecule has 3 rings (SSSR count). The SMILES string of the molecule is COc1cc(C)c(CN2CCCC3(CCCO3)C2)cn1. The molecular formula is C16H24N2O2. The van der Waals surface area contributed by atoms with Gasteiger partial charge in [-0.25, -0.2) is 4.98 Å². The molecule has 2 fully saturated rings. The Morgan fingerprint density at radius 3 is 2.95 bits per heavy atom. The van der Waals surface area contributed by atoms with Crippen molar-refractivity contribution in [1.82, 2.24) is 9.88 Å². The van der Waals surface area contributed by atoms with Crippen molar-refractivity contribution in [3.8, 4) is 5.88 Å². The number of hydrogen-bond donors (Lipinski definition) is 0. The molecule has 4 heteroatoms. The van der Waals surface area contributed by atoms with Gasteiger partial charge in [0.1, 0.15) is 0 Å². The topological polar surface area (TPSA) is 34.6 Å². The minimum atomic E-state index is 0.145. The number of aromatic nitrogens is 1. The highest BCUT2D eigenvalue weighted by molar-refractivity contribution is 5.28. The number of nitrogens with zero attached hydrogens (tertiary/aromatic N) is 2. The van der Waals surface area contributed by atoms with E-state index in [1.807, 2.05) is 12.3 Å². The smallest absolute Gasteiger partial charge is 0.213 e. The molecule has 4 nitrogen and oxygen atoms in total. The van der Waals surface area contributed by atoms with Crippen LogP contribution in [0, 0.1) is 6.92 Å². The Hall–Kier alpha value is -1.13. The molecule has 3 heterocycles. The first-order valence-corrected chi connectivity index (χ1v) is 7.57. The molecule has 0 amide bonds. The van der Waals surface area contributed by atoms with Gasteiger partial charge < -0.3 is 9.47 Å². The molecule has 2 aliphatic heterocycles. The first kappa shape index (κ1) is 13.8. The summed E-state index contributed by atoms with van der Waals surface area (Å²) < 4.78 is 11.2. The molecule has 110 valence electrons. The van der Waals surface area contributed by atoms with Crippen LogP contribution in [0.3, 0.4) is 0 Å². The van der Waals surface area contributed by atoms with Gasteiger partial charge in [-0.2, -0.15) is 0 Å². The summed E-state index contributed by atoms with van der Waals surface area (Å²) in [4.78, 5) is 6.85. The van der Waals surface area contributed by atoms with Gasteiger partial charge in [0, 0.05) is 32.0 Å². The zero-order valence-electron chi connectivity index (χ0n) is 12.5. The van der Waals surface area contributed by atoms with Crippen LogP contribution >= 0.6 is 0 Å². The molecule has 1 atom stereocenters. The van der Waals surface area contributed by atoms with E-state index in [0.717, 1.165) is 26.2 Å². The number of pyridine rings is 1. The maximum absolute atomic E-state index is 6.04. The molecule has 20 heavy (non-hydrogen) atoms. The zero-order chi connectivity index (χ0) is 14.0. The van der Waals surface area contributed by atoms with Gasteiger partial charge in [0.05, 0.1) is 12.7 Å². The minimum Gasteiger partial charge on any atom is -0.481 e. The van der Waals surface area contributed by atoms with E-state index in [-0.39, 0.29) is 5.60 Å². The second-order valence-electron chi connectivity index (χ2n) is 6.10. The summed E-state index contributed by atoms with van der Waals surface area (Å²) in [5.41, 5.74) is 2.69. The predicted octanol–water partition coefficient (Wildman–Crippen LogP) is 2.54. The van der Waals surface area contributed by atoms with E-state index < -0.39 is 0 Å². The lowest BCUT2D eigenvalue weighted by Crippen LogP contribution is -2.47. The van der Waals surface area contributed by atoms with Crippen molar-refractivity contribution in [1.29, 1.82) is 0 Å². The summed E-state index contributed by atoms with van der Waals surface area (Å²) in [7, 11) is 1.66. The third-order valence-electron chi connectivity index (χ3n) is 4.60. The lowest BCUT2D eigenvalue weighted by atomic mass is 9.90. The highest BCUT2D eigenvalue weighted by atomic mass is 16.5. The van der Waals surface area contributed by atoms with Gasteiger partial charge in [-0.1, -0.05) is 0 Å². The van der Waals surface area contributed by atoms with Crippen LogP contribution in [-0.2, 0) is 11.3 Å². The maximum Gasteiger partial charge on any atom is 0.213 e. The molecule has 0 saturated carbocycles. The van der Waals surface area contributed by atoms with Crippen molar-refractivity contribution in [3.05, 3.63) is 23.4 Å². The lowest BCUT2D eigenvalue weighted by molar-refractivity contribution is -0.0533. The molecule has 0 aliphatic carbocycles. The Labute approximate surface area is 121 Å². The number of aryl methyl sites for hydroxylation is 1. The molecule has 1 aromatic rings. The fourth-order valence-electron chi connectivity index (χ4n) is 3.48. The minimum absolute atomic E-state index is 0.145. The summed E-state index contributed by atoms with van der Waals surface area (Å²) in [6.07, 6.45) is 6.86. The fourth-order valence-corrected chi connectivity index (χ4v) is 3.48. The lowest BCUT2D eigenvalue weighted by Gasteiger charge is -2.39. The summed E-state index contributed by atoms with van der Waals surface area (Å²) >= 11 is 0. The number of likely N-dealkylation sites (tertiary alicyclic amines) is 1. The number of hydrogen-bond acceptors (Lipinski definition) is 4. The molecule has 2 aliphatic rings. The van der Waals surface area contributed by atoms with E-state index in [1.54, 1.807) is 7.11 Å². The zero-order valence-corrected chi connectivity index (χ0v) is 12.5. The van der Waals surface area contributed by atoms with Crippen LogP contribution in [-0.4, -0.2) is 42.3 Å². The molecule has 0 radical (unpaired) electrons. The molecule has 0 N–H and O–H groups in total. The molecule has 1 spiro atoms. The molecule has 0 aromatic carbocycles. The van der Waals surface area contributed by atoms with Crippen LogP contribution < -0.4 is 4.74 Å². The van der Waals surface area contributed by atoms with Crippen LogP contribution in [0.4, 0.5) is 0 Å². The van der Waals surface area contributed by atoms with Crippen LogP contribution in [0.15, 0.2) is 12.3 Å². The predicted molar refractivity (Wildman–Crippen MR) is 78.0 cm³/mol. The molecule has 2 saturated heterocycles. The second kappa shape index (κ2) is 5.70. The van der Waals surface area contributed by atoms with Gasteiger partial charge in [-0.05, 0) is 50.3 Å². The van der Waals surface area contributed by atoms with Crippen molar-refractivity contribution in [2.24, 2.45) is 0 Å². The van der Waals surface area contributed by atoms with Gasteiger partial charge >= 0.3 is 0 Å². The van der Waals surface area contributed by atoms with Crippen LogP contribution in [0.1, 0.15) is 36.8 Å². The summed E-state index contributed by atoms with van der Waals surface area (Å²) in [5.74, 6) is 0.695. The maximum atomic E-state index is 6.04. The largest absolute Gasteiger partial charge is 0.481 e. The highest BCUT2D eigenvalue weighted by Gasteiger charge is 2.39. The Balaban J connectivity index is 1.68. The van der Waals surface area contributed by atoms with Gasteiger partial charge in [-0.15, -0.1) is 0 Å². The Morgan fingerprint density at radius 1 is 1.40 bits per heavy atom. The van der Waals surface area contributed by atoms with Crippen LogP contribution in [0.5, 0.6) is 5.88 Å². The van der Waals surface area contributed by atoms with Crippen molar-refractivity contribution < 1.29 is 9.47 Å². The average Bonchev–Trinajstić information content (AvgIpc) is 2.89. The summed E-state index contributed by atoms with van der Waals surface area (Å²) in [6.45, 7) is 6.27. The third kappa shape index (κ3) is 2.81. The molecule has 0 bridgehead atoms. The Morgan fingerprint density at radius 2 is 2.25 bits per heavy atom. The number of rotatable bonds is 3. The monoisotopic (exact) mass is 276 g/mol. The molecule has 1 aromatic heterocycles. The van der Waals surface area contributed by atoms with Crippen molar-refractivity contribution >= 4 is 0 Å². The standard InChI is InChI=1S/C16H24N2O2/c1-13-9-15(19-2)17-10-14(13)11-18-7-3-5-16(12-18)6-4-8-20-16/h9-10H,3-8,11-12H2,1-2H3. The Bertz CT molecular complexity index is 470. The Kier molecular flexibility index (Phi) is 3.94. The molecular weight excluding hydrogens is 252 g/mol. The van der Waals surface area contributed by atoms with E-state index in [2.05, 4.69) is 16.8 Å². The number of piperidine rings is 1. The van der Waals surface area contributed by atoms with Gasteiger partial charge in [0.2, 0.25) is 5.88 Å². The van der Waals surface area contributed by atoms with Gasteiger partial charge in [-0.3, -0.25) is 4.90 Å². The normalized spacial score (nSPS) is 27.1. The third-order valence-corrected chi connectivity index (χ3v) is 4.60.